The van der Waals surface area contributed by atoms with Gasteiger partial charge in [0.15, 0.2) is 5.76 Å². The number of fused-ring (bicyclic) bond motifs is 1. The maximum absolute atomic E-state index is 15.1. The lowest BCUT2D eigenvalue weighted by atomic mass is 9.82. The number of nitrogens with zero attached hydrogens (tertiary/aromatic N) is 6. The molecule has 17 heteroatoms. The van der Waals surface area contributed by atoms with Gasteiger partial charge < -0.3 is 30.9 Å². The van der Waals surface area contributed by atoms with Crippen LogP contribution in [0.2, 0.25) is 0 Å². The summed E-state index contributed by atoms with van der Waals surface area (Å²) < 4.78 is 59.9. The highest BCUT2D eigenvalue weighted by atomic mass is 32.2. The van der Waals surface area contributed by atoms with E-state index < -0.39 is 23.8 Å². The molecule has 0 aromatic heterocycles. The number of amides is 1. The predicted molar refractivity (Wildman–Crippen MR) is 218 cm³/mol. The summed E-state index contributed by atoms with van der Waals surface area (Å²) in [5.74, 6) is 1.69. The number of aliphatic imine (C=N–C) groups is 3. The topological polar surface area (TPSA) is 157 Å². The number of aldehydes is 1. The van der Waals surface area contributed by atoms with Crippen LogP contribution in [0.15, 0.2) is 73.9 Å². The number of hydrogen-bond acceptors (Lipinski definition) is 10. The number of nitrogens with two attached hydrogens (primary N) is 1. The Labute approximate surface area is 332 Å². The molecule has 3 fully saturated rings. The molecule has 5 aliphatic rings. The third kappa shape index (κ3) is 14.3. The van der Waals surface area contributed by atoms with Crippen LogP contribution in [0, 0.1) is 23.7 Å². The van der Waals surface area contributed by atoms with E-state index in [1.807, 2.05) is 17.4 Å². The van der Waals surface area contributed by atoms with Gasteiger partial charge in [0.25, 0.3) is 0 Å². The second kappa shape index (κ2) is 24.8. The number of alkyl halides is 3. The molecule has 0 bridgehead atoms. The number of carbonyl (C=O) groups excluding carboxylic acids is 2. The van der Waals surface area contributed by atoms with E-state index in [-0.39, 0.29) is 17.7 Å². The third-order valence-electron chi connectivity index (χ3n) is 10.3. The molecule has 2 aliphatic carbocycles. The van der Waals surface area contributed by atoms with Crippen molar-refractivity contribution in [2.24, 2.45) is 44.4 Å². The highest BCUT2D eigenvalue weighted by Gasteiger charge is 2.37. The number of hydrazine groups is 1. The van der Waals surface area contributed by atoms with Crippen LogP contribution in [0.1, 0.15) is 45.4 Å². The molecule has 3 saturated heterocycles. The van der Waals surface area contributed by atoms with Crippen molar-refractivity contribution < 1.29 is 31.7 Å². The molecule has 5 rings (SSSR count). The number of allylic oxidation sites excluding steroid dienone is 6. The summed E-state index contributed by atoms with van der Waals surface area (Å²) in [6.07, 6.45) is 19.2. The molecule has 6 unspecified atom stereocenters. The number of amidine groups is 1. The van der Waals surface area contributed by atoms with Crippen LogP contribution >= 0.6 is 0 Å². The minimum Gasteiger partial charge on any atom is -0.432 e. The average Bonchev–Trinajstić information content (AvgIpc) is 3.53. The quantitative estimate of drug-likeness (QED) is 0.0916. The summed E-state index contributed by atoms with van der Waals surface area (Å²) in [4.78, 5) is 34.3. The second-order valence-corrected chi connectivity index (χ2v) is 15.6. The van der Waals surface area contributed by atoms with E-state index in [1.54, 1.807) is 12.2 Å². The number of nitrogens with one attached hydrogen (secondary N) is 2. The fourth-order valence-corrected chi connectivity index (χ4v) is 8.82. The Bertz CT molecular complexity index is 1500. The third-order valence-corrected chi connectivity index (χ3v) is 11.8. The van der Waals surface area contributed by atoms with Crippen LogP contribution in [0.4, 0.5) is 13.2 Å². The Morgan fingerprint density at radius 3 is 2.46 bits per heavy atom. The second-order valence-electron chi connectivity index (χ2n) is 14.1. The fraction of sp³-hybridized carbons (Fsp3) is 0.615. The zero-order valence-corrected chi connectivity index (χ0v) is 33.8. The number of rotatable bonds is 16. The minimum atomic E-state index is -2.97. The van der Waals surface area contributed by atoms with Crippen LogP contribution in [-0.2, 0) is 25.3 Å². The van der Waals surface area contributed by atoms with E-state index >= 15 is 4.39 Å². The van der Waals surface area contributed by atoms with Crippen molar-refractivity contribution in [1.82, 2.24) is 25.0 Å². The van der Waals surface area contributed by atoms with E-state index in [4.69, 9.17) is 0 Å². The van der Waals surface area contributed by atoms with Crippen LogP contribution in [0.25, 0.3) is 0 Å². The van der Waals surface area contributed by atoms with Crippen molar-refractivity contribution >= 4 is 42.4 Å². The molecule has 1 amide bonds. The van der Waals surface area contributed by atoms with Crippen molar-refractivity contribution in [3.8, 4) is 0 Å². The number of likely N-dealkylation sites (N-methyl/N-ethyl adjacent to an activating group) is 1. The smallest absolute Gasteiger partial charge is 0.387 e. The van der Waals surface area contributed by atoms with Gasteiger partial charge in [0.1, 0.15) is 29.3 Å². The van der Waals surface area contributed by atoms with E-state index in [0.29, 0.717) is 80.4 Å². The van der Waals surface area contributed by atoms with Crippen molar-refractivity contribution in [3.63, 3.8) is 0 Å². The first-order valence-corrected chi connectivity index (χ1v) is 20.3. The van der Waals surface area contributed by atoms with E-state index in [2.05, 4.69) is 85.0 Å². The molecule has 0 aromatic rings. The predicted octanol–water partition coefficient (Wildman–Crippen LogP) is 3.97. The molecule has 4 N–H and O–H groups in total. The first-order valence-electron chi connectivity index (χ1n) is 19.2. The maximum atomic E-state index is 15.1. The van der Waals surface area contributed by atoms with Crippen LogP contribution < -0.4 is 16.5 Å². The number of hydrogen-bond donors (Lipinski definition) is 3. The SMILES string of the molecule is C=N/C=C(\C=NC1CCN(S(=O)C2=CC(CC(C)CN3CCC(C4=CC5C(C=C4)C(=NC)NN5C)CC3)C(F)C=C2)CC1)OC(F)F.CN.O=CCCNC=O. The lowest BCUT2D eigenvalue weighted by Crippen LogP contribution is -2.39. The molecular weight excluding hydrogens is 748 g/mol. The Morgan fingerprint density at radius 1 is 1.12 bits per heavy atom. The number of halogens is 3. The minimum absolute atomic E-state index is 0.110. The molecule has 3 heterocycles. The van der Waals surface area contributed by atoms with Crippen LogP contribution in [0.5, 0.6) is 0 Å². The molecule has 13 nitrogen and oxygen atoms in total. The van der Waals surface area contributed by atoms with Crippen LogP contribution in [-0.4, -0.2) is 135 Å². The number of carbonyl (C=O) groups is 2. The molecule has 6 atom stereocenters. The molecule has 3 aliphatic heterocycles. The number of piperidine rings is 2. The Morgan fingerprint density at radius 2 is 1.84 bits per heavy atom. The zero-order valence-electron chi connectivity index (χ0n) is 33.0. The maximum Gasteiger partial charge on any atom is 0.387 e. The highest BCUT2D eigenvalue weighted by Crippen LogP contribution is 2.34. The van der Waals surface area contributed by atoms with Gasteiger partial charge in [0, 0.05) is 52.6 Å². The first kappa shape index (κ1) is 46.6. The zero-order chi connectivity index (χ0) is 41.0. The van der Waals surface area contributed by atoms with Crippen molar-refractivity contribution in [1.29, 1.82) is 0 Å². The molecule has 0 aromatic carbocycles. The van der Waals surface area contributed by atoms with Gasteiger partial charge in [-0.15, -0.1) is 0 Å². The van der Waals surface area contributed by atoms with E-state index in [1.165, 1.54) is 18.8 Å². The van der Waals surface area contributed by atoms with Gasteiger partial charge in [-0.25, -0.2) is 17.9 Å². The van der Waals surface area contributed by atoms with Gasteiger partial charge in [-0.05, 0) is 88.5 Å². The van der Waals surface area contributed by atoms with Gasteiger partial charge in [-0.2, -0.15) is 8.78 Å². The van der Waals surface area contributed by atoms with Crippen LogP contribution in [0.3, 0.4) is 0 Å². The Kier molecular flexibility index (Phi) is 20.6. The summed E-state index contributed by atoms with van der Waals surface area (Å²) in [5, 5.41) is 4.49. The Hall–Kier alpha value is -3.77. The van der Waals surface area contributed by atoms with Crippen molar-refractivity contribution in [2.45, 2.75) is 70.3 Å². The van der Waals surface area contributed by atoms with Gasteiger partial charge in [0.2, 0.25) is 6.41 Å². The summed E-state index contributed by atoms with van der Waals surface area (Å²) in [6.45, 7) is 6.96. The lowest BCUT2D eigenvalue weighted by molar-refractivity contribution is -0.110. The molecular formula is C39H60F3N9O4S. The van der Waals surface area contributed by atoms with Crippen molar-refractivity contribution in [2.75, 3.05) is 60.4 Å². The lowest BCUT2D eigenvalue weighted by Gasteiger charge is -2.36. The summed E-state index contributed by atoms with van der Waals surface area (Å²) >= 11 is 0. The van der Waals surface area contributed by atoms with Gasteiger partial charge >= 0.3 is 6.61 Å². The standard InChI is InChI=1S/C34H48F3N7O2S.C4H7NO2.CH5N/c1-23(22-43-13-9-24(10-14-43)25-5-7-30-32(19-25)42(4)41-33(30)39-3)17-26-18-29(6-8-31(26)35)47(45)44-15-11-27(12-16-44)40-21-28(20-38-2)46-34(36)37;6-3-1-2-5-4-7;1-2/h5-8,18-21,23-24,26-27,30-32,34H,2,9-17,22H2,1,3-4H3,(H,39,41);3-4H,1-2H2,(H,5,7);2H2,1H3/b28-20+,40-21?;;. The number of likely N-dealkylation sites (tertiary alicyclic amines) is 1. The molecule has 56 heavy (non-hydrogen) atoms. The van der Waals surface area contributed by atoms with E-state index in [9.17, 15) is 22.6 Å². The average molecular weight is 808 g/mol. The molecule has 0 saturated carbocycles. The molecule has 0 radical (unpaired) electrons. The summed E-state index contributed by atoms with van der Waals surface area (Å²) in [7, 11) is 4.00. The highest BCUT2D eigenvalue weighted by molar-refractivity contribution is 7.86. The normalized spacial score (nSPS) is 26.9. The largest absolute Gasteiger partial charge is 0.432 e. The van der Waals surface area contributed by atoms with Crippen molar-refractivity contribution in [3.05, 3.63) is 58.9 Å². The fourth-order valence-electron chi connectivity index (χ4n) is 7.50. The molecule has 312 valence electrons. The number of ether oxygens (including phenoxy) is 1. The molecule has 0 spiro atoms. The van der Waals surface area contributed by atoms with Gasteiger partial charge in [-0.3, -0.25) is 19.8 Å². The monoisotopic (exact) mass is 807 g/mol. The Balaban J connectivity index is 0.000000842. The summed E-state index contributed by atoms with van der Waals surface area (Å²) in [5.41, 5.74) is 9.29. The van der Waals surface area contributed by atoms with Gasteiger partial charge in [-0.1, -0.05) is 31.2 Å². The van der Waals surface area contributed by atoms with E-state index in [0.717, 1.165) is 50.8 Å². The first-order chi connectivity index (χ1) is 27.1. The van der Waals surface area contributed by atoms with Gasteiger partial charge in [0.05, 0.1) is 35.3 Å². The summed E-state index contributed by atoms with van der Waals surface area (Å²) in [6, 6.07) is 0.193.